The molecule has 1 aromatic carbocycles. The molecule has 0 aliphatic carbocycles. The fourth-order valence-corrected chi connectivity index (χ4v) is 2.01. The molecule has 0 unspecified atom stereocenters. The number of hydrogen-bond donors (Lipinski definition) is 4. The zero-order valence-corrected chi connectivity index (χ0v) is 14.3. The molecule has 0 spiro atoms. The van der Waals surface area contributed by atoms with E-state index in [1.165, 1.54) is 6.33 Å². The number of hydrazine groups is 1. The third-order valence-corrected chi connectivity index (χ3v) is 3.51. The number of nitrogen functional groups attached to an aromatic ring is 1. The van der Waals surface area contributed by atoms with E-state index in [-0.39, 0.29) is 5.91 Å². The number of carbonyl (C=O) groups excluding carboxylic acids is 1. The Bertz CT molecular complexity index is 684. The molecule has 2 aromatic rings. The van der Waals surface area contributed by atoms with Gasteiger partial charge in [0.2, 0.25) is 0 Å². The maximum atomic E-state index is 12.1. The lowest BCUT2D eigenvalue weighted by molar-refractivity contribution is 0.0962. The monoisotopic (exact) mass is 328 g/mol. The van der Waals surface area contributed by atoms with Crippen LogP contribution in [0, 0.1) is 12.8 Å². The van der Waals surface area contributed by atoms with Gasteiger partial charge in [0.05, 0.1) is 0 Å². The molecule has 2 rings (SSSR count). The van der Waals surface area contributed by atoms with Crippen molar-refractivity contribution >= 4 is 23.2 Å². The van der Waals surface area contributed by atoms with E-state index in [1.807, 2.05) is 19.1 Å². The molecule has 7 nitrogen and oxygen atoms in total. The minimum atomic E-state index is -0.262. The van der Waals surface area contributed by atoms with Crippen molar-refractivity contribution in [2.24, 2.45) is 5.92 Å². The van der Waals surface area contributed by atoms with Crippen molar-refractivity contribution in [3.8, 4) is 0 Å². The normalized spacial score (nSPS) is 10.5. The highest BCUT2D eigenvalue weighted by atomic mass is 16.2. The van der Waals surface area contributed by atoms with Crippen LogP contribution in [-0.2, 0) is 0 Å². The first-order valence-electron chi connectivity index (χ1n) is 7.94. The third-order valence-electron chi connectivity index (χ3n) is 3.51. The van der Waals surface area contributed by atoms with Crippen molar-refractivity contribution in [3.05, 3.63) is 41.7 Å². The lowest BCUT2D eigenvalue weighted by atomic mass is 10.1. The number of anilines is 3. The topological polar surface area (TPSA) is 105 Å². The summed E-state index contributed by atoms with van der Waals surface area (Å²) >= 11 is 0. The number of amides is 1. The molecule has 1 amide bonds. The second-order valence-corrected chi connectivity index (χ2v) is 6.04. The minimum Gasteiger partial charge on any atom is -0.393 e. The van der Waals surface area contributed by atoms with E-state index >= 15 is 0 Å². The number of aryl methyl sites for hydroxylation is 1. The fourth-order valence-electron chi connectivity index (χ4n) is 2.01. The van der Waals surface area contributed by atoms with Crippen LogP contribution in [0.4, 0.5) is 17.3 Å². The zero-order valence-electron chi connectivity index (χ0n) is 14.3. The molecule has 7 heteroatoms. The minimum absolute atomic E-state index is 0.262. The molecular formula is C17H24N6O. The van der Waals surface area contributed by atoms with Crippen molar-refractivity contribution in [3.63, 3.8) is 0 Å². The van der Waals surface area contributed by atoms with Gasteiger partial charge in [0, 0.05) is 12.1 Å². The number of nitrogens with zero attached hydrogens (tertiary/aromatic N) is 2. The Hall–Kier alpha value is -2.83. The predicted octanol–water partition coefficient (Wildman–Crippen LogP) is 2.58. The van der Waals surface area contributed by atoms with Gasteiger partial charge in [-0.15, -0.1) is 0 Å². The van der Waals surface area contributed by atoms with E-state index < -0.39 is 0 Å². The summed E-state index contributed by atoms with van der Waals surface area (Å²) < 4.78 is 0. The van der Waals surface area contributed by atoms with Gasteiger partial charge >= 0.3 is 0 Å². The summed E-state index contributed by atoms with van der Waals surface area (Å²) in [5, 5.41) is 3.18. The second kappa shape index (κ2) is 8.14. The molecule has 128 valence electrons. The molecular weight excluding hydrogens is 304 g/mol. The van der Waals surface area contributed by atoms with Gasteiger partial charge in [-0.2, -0.15) is 0 Å². The molecule has 1 heterocycles. The Morgan fingerprint density at radius 3 is 2.50 bits per heavy atom. The van der Waals surface area contributed by atoms with E-state index in [9.17, 15) is 4.79 Å². The van der Waals surface area contributed by atoms with Crippen molar-refractivity contribution in [2.45, 2.75) is 27.2 Å². The second-order valence-electron chi connectivity index (χ2n) is 6.04. The van der Waals surface area contributed by atoms with Crippen LogP contribution < -0.4 is 21.9 Å². The average Bonchev–Trinajstić information content (AvgIpc) is 2.55. The Morgan fingerprint density at radius 2 is 1.83 bits per heavy atom. The van der Waals surface area contributed by atoms with Crippen LogP contribution in [-0.4, -0.2) is 22.4 Å². The molecule has 5 N–H and O–H groups in total. The number of nitrogens with two attached hydrogens (primary N) is 1. The molecule has 1 aromatic heterocycles. The molecule has 24 heavy (non-hydrogen) atoms. The molecule has 0 aliphatic rings. The SMILES string of the molecule is Cc1ccc(C(=O)NNc2ncnc(NCCC(C)C)c2N)cc1. The van der Waals surface area contributed by atoms with Crippen LogP contribution in [0.1, 0.15) is 36.2 Å². The summed E-state index contributed by atoms with van der Waals surface area (Å²) in [5.74, 6) is 1.24. The van der Waals surface area contributed by atoms with Crippen LogP contribution >= 0.6 is 0 Å². The number of benzene rings is 1. The van der Waals surface area contributed by atoms with Crippen LogP contribution in [0.15, 0.2) is 30.6 Å². The van der Waals surface area contributed by atoms with Crippen molar-refractivity contribution < 1.29 is 4.79 Å². The highest BCUT2D eigenvalue weighted by Gasteiger charge is 2.10. The number of carbonyl (C=O) groups is 1. The predicted molar refractivity (Wildman–Crippen MR) is 96.7 cm³/mol. The van der Waals surface area contributed by atoms with Gasteiger partial charge in [-0.1, -0.05) is 31.5 Å². The molecule has 0 fully saturated rings. The van der Waals surface area contributed by atoms with Crippen LogP contribution in [0.5, 0.6) is 0 Å². The summed E-state index contributed by atoms with van der Waals surface area (Å²) in [6, 6.07) is 7.28. The smallest absolute Gasteiger partial charge is 0.269 e. The Kier molecular flexibility index (Phi) is 5.95. The lowest BCUT2D eigenvalue weighted by Crippen LogP contribution is -2.30. The first kappa shape index (κ1) is 17.5. The Labute approximate surface area is 142 Å². The summed E-state index contributed by atoms with van der Waals surface area (Å²) in [6.45, 7) is 7.04. The van der Waals surface area contributed by atoms with E-state index in [2.05, 4.69) is 40.0 Å². The highest BCUT2D eigenvalue weighted by Crippen LogP contribution is 2.21. The summed E-state index contributed by atoms with van der Waals surface area (Å²) in [7, 11) is 0. The molecule has 0 saturated carbocycles. The van der Waals surface area contributed by atoms with Gasteiger partial charge < -0.3 is 11.1 Å². The molecule has 0 aliphatic heterocycles. The van der Waals surface area contributed by atoms with Crippen LogP contribution in [0.3, 0.4) is 0 Å². The van der Waals surface area contributed by atoms with Crippen LogP contribution in [0.25, 0.3) is 0 Å². The van der Waals surface area contributed by atoms with E-state index in [4.69, 9.17) is 5.73 Å². The molecule has 0 bridgehead atoms. The first-order valence-corrected chi connectivity index (χ1v) is 7.94. The van der Waals surface area contributed by atoms with E-state index in [0.29, 0.717) is 28.8 Å². The van der Waals surface area contributed by atoms with Crippen molar-refractivity contribution in [1.82, 2.24) is 15.4 Å². The lowest BCUT2D eigenvalue weighted by Gasteiger charge is -2.13. The van der Waals surface area contributed by atoms with E-state index in [1.54, 1.807) is 12.1 Å². The number of nitrogens with one attached hydrogen (secondary N) is 3. The van der Waals surface area contributed by atoms with E-state index in [0.717, 1.165) is 18.5 Å². The van der Waals surface area contributed by atoms with Gasteiger partial charge in [0.1, 0.15) is 12.0 Å². The quantitative estimate of drug-likeness (QED) is 0.582. The number of aromatic nitrogens is 2. The Balaban J connectivity index is 1.97. The summed E-state index contributed by atoms with van der Waals surface area (Å²) in [6.07, 6.45) is 2.41. The first-order chi connectivity index (χ1) is 11.5. The maximum Gasteiger partial charge on any atom is 0.269 e. The summed E-state index contributed by atoms with van der Waals surface area (Å²) in [5.41, 5.74) is 13.4. The Morgan fingerprint density at radius 1 is 1.17 bits per heavy atom. The molecule has 0 atom stereocenters. The van der Waals surface area contributed by atoms with Crippen LogP contribution in [0.2, 0.25) is 0 Å². The van der Waals surface area contributed by atoms with Gasteiger partial charge in [0.25, 0.3) is 5.91 Å². The molecule has 0 radical (unpaired) electrons. The summed E-state index contributed by atoms with van der Waals surface area (Å²) in [4.78, 5) is 20.3. The van der Waals surface area contributed by atoms with Crippen molar-refractivity contribution in [2.75, 3.05) is 23.0 Å². The van der Waals surface area contributed by atoms with Crippen molar-refractivity contribution in [1.29, 1.82) is 0 Å². The fraction of sp³-hybridized carbons (Fsp3) is 0.353. The van der Waals surface area contributed by atoms with Gasteiger partial charge in [-0.3, -0.25) is 15.6 Å². The highest BCUT2D eigenvalue weighted by molar-refractivity contribution is 5.95. The van der Waals surface area contributed by atoms with Gasteiger partial charge in [-0.25, -0.2) is 9.97 Å². The molecule has 0 saturated heterocycles. The number of hydrogen-bond acceptors (Lipinski definition) is 6. The standard InChI is InChI=1S/C17H24N6O/c1-11(2)8-9-19-15-14(18)16(21-10-20-15)22-23-17(24)13-6-4-12(3)5-7-13/h4-7,10-11H,8-9,18H2,1-3H3,(H,23,24)(H2,19,20,21,22). The van der Waals surface area contributed by atoms with Gasteiger partial charge in [0.15, 0.2) is 11.6 Å². The number of rotatable bonds is 7. The largest absolute Gasteiger partial charge is 0.393 e. The van der Waals surface area contributed by atoms with Gasteiger partial charge in [-0.05, 0) is 31.4 Å². The maximum absolute atomic E-state index is 12.1. The zero-order chi connectivity index (χ0) is 17.5. The third kappa shape index (κ3) is 4.84. The average molecular weight is 328 g/mol.